The zero-order valence-electron chi connectivity index (χ0n) is 41.9. The summed E-state index contributed by atoms with van der Waals surface area (Å²) in [5.41, 5.74) is 5.46. The number of carboxylic acid groups (broad SMARTS) is 2. The highest BCUT2D eigenvalue weighted by Gasteiger charge is 2.61. The Morgan fingerprint density at radius 3 is 1.21 bits per heavy atom. The van der Waals surface area contributed by atoms with Crippen molar-refractivity contribution in [3.63, 3.8) is 0 Å². The standard InChI is InChI=1S/2C27H46.C4H6O4/c2*1-19(2)9-8-10-20(3)23-14-15-24-22-13-12-21-11-6-7-17-26(21,4)25(22)16-18-27(23,24)5;5-3(6)1-2-4(7)8/h2*20-25H,1,6-18H2,2-5H3;1-2H2,(H,5,6)(H,7,8)/t2*20-,21?,22+,23-,24+,25+,26+,27-;/m11./s1. The SMILES string of the molecule is C=C(C)CCC[C@@H](C)[C@H]1CC[C@H]2[C@@H]3CCC4CCCC[C@]4(C)[C@H]3CC[C@]12C.C=C(C)CCC[C@@H](C)[C@H]1CC[C@H]2[C@@H]3CCC4CCCC[C@]4(C)[C@H]3CC[C@]12C.O=C(O)CCC(=O)O. The van der Waals surface area contributed by atoms with E-state index in [-0.39, 0.29) is 12.8 Å². The quantitative estimate of drug-likeness (QED) is 0.181. The van der Waals surface area contributed by atoms with E-state index in [1.54, 1.807) is 77.0 Å². The molecule has 16 atom stereocenters. The molecule has 4 heteroatoms. The van der Waals surface area contributed by atoms with Crippen molar-refractivity contribution in [3.8, 4) is 0 Å². The van der Waals surface area contributed by atoms with E-state index in [1.807, 2.05) is 0 Å². The van der Waals surface area contributed by atoms with Crippen molar-refractivity contribution in [3.05, 3.63) is 24.3 Å². The molecule has 2 unspecified atom stereocenters. The third-order valence-electron chi connectivity index (χ3n) is 21.8. The van der Waals surface area contributed by atoms with Crippen molar-refractivity contribution in [1.29, 1.82) is 0 Å². The fraction of sp³-hybridized carbons (Fsp3) is 0.897. The predicted octanol–water partition coefficient (Wildman–Crippen LogP) is 16.8. The monoisotopic (exact) mass is 859 g/mol. The summed E-state index contributed by atoms with van der Waals surface area (Å²) in [6.07, 6.45) is 38.3. The molecule has 8 aliphatic rings. The third kappa shape index (κ3) is 10.5. The number of carboxylic acids is 2. The summed E-state index contributed by atoms with van der Waals surface area (Å²) in [6.45, 7) is 28.7. The van der Waals surface area contributed by atoms with Crippen LogP contribution in [0.25, 0.3) is 0 Å². The average Bonchev–Trinajstić information content (AvgIpc) is 3.76. The molecule has 8 saturated carbocycles. The molecule has 8 aliphatic carbocycles. The highest BCUT2D eigenvalue weighted by Crippen LogP contribution is 2.70. The molecular formula is C58H98O4. The maximum atomic E-state index is 9.64. The fourth-order valence-corrected chi connectivity index (χ4v) is 18.6. The lowest BCUT2D eigenvalue weighted by molar-refractivity contribution is -0.143. The van der Waals surface area contributed by atoms with E-state index in [2.05, 4.69) is 68.5 Å². The molecule has 4 nitrogen and oxygen atoms in total. The second-order valence-electron chi connectivity index (χ2n) is 25.2. The van der Waals surface area contributed by atoms with Gasteiger partial charge in [0.25, 0.3) is 0 Å². The molecule has 2 N–H and O–H groups in total. The molecule has 0 amide bonds. The van der Waals surface area contributed by atoms with Gasteiger partial charge in [-0.15, -0.1) is 13.2 Å². The first-order valence-corrected chi connectivity index (χ1v) is 27.1. The molecule has 0 aromatic heterocycles. The molecule has 62 heavy (non-hydrogen) atoms. The van der Waals surface area contributed by atoms with Gasteiger partial charge in [-0.25, -0.2) is 0 Å². The number of hydrogen-bond acceptors (Lipinski definition) is 2. The summed E-state index contributed by atoms with van der Waals surface area (Å²) in [4.78, 5) is 19.3. The lowest BCUT2D eigenvalue weighted by Crippen LogP contribution is -2.53. The highest BCUT2D eigenvalue weighted by molar-refractivity contribution is 5.75. The van der Waals surface area contributed by atoms with Crippen molar-refractivity contribution in [2.45, 2.75) is 235 Å². The van der Waals surface area contributed by atoms with Gasteiger partial charge in [0.05, 0.1) is 12.8 Å². The van der Waals surface area contributed by atoms with Gasteiger partial charge in [0, 0.05) is 0 Å². The van der Waals surface area contributed by atoms with E-state index in [4.69, 9.17) is 10.2 Å². The van der Waals surface area contributed by atoms with Crippen molar-refractivity contribution in [2.75, 3.05) is 0 Å². The van der Waals surface area contributed by atoms with Crippen LogP contribution in [-0.4, -0.2) is 22.2 Å². The number of hydrogen-bond donors (Lipinski definition) is 2. The molecule has 0 heterocycles. The lowest BCUT2D eigenvalue weighted by Gasteiger charge is -2.61. The van der Waals surface area contributed by atoms with Crippen molar-refractivity contribution in [2.24, 2.45) is 92.7 Å². The van der Waals surface area contributed by atoms with Gasteiger partial charge in [0.15, 0.2) is 0 Å². The van der Waals surface area contributed by atoms with Crippen molar-refractivity contribution >= 4 is 11.9 Å². The van der Waals surface area contributed by atoms with E-state index in [1.165, 1.54) is 101 Å². The van der Waals surface area contributed by atoms with Crippen LogP contribution in [0.15, 0.2) is 24.3 Å². The van der Waals surface area contributed by atoms with Crippen LogP contribution in [0.3, 0.4) is 0 Å². The Morgan fingerprint density at radius 1 is 0.484 bits per heavy atom. The number of rotatable bonds is 13. The molecule has 0 spiro atoms. The largest absolute Gasteiger partial charge is 0.481 e. The van der Waals surface area contributed by atoms with Gasteiger partial charge in [-0.05, 0) is 235 Å². The molecule has 0 aromatic carbocycles. The zero-order valence-corrected chi connectivity index (χ0v) is 41.9. The number of aliphatic carboxylic acids is 2. The minimum Gasteiger partial charge on any atom is -0.481 e. The van der Waals surface area contributed by atoms with Gasteiger partial charge in [-0.3, -0.25) is 9.59 Å². The Bertz CT molecular complexity index is 1420. The Balaban J connectivity index is 0.000000176. The second-order valence-corrected chi connectivity index (χ2v) is 25.2. The average molecular weight is 859 g/mol. The maximum Gasteiger partial charge on any atom is 0.303 e. The highest BCUT2D eigenvalue weighted by atomic mass is 16.4. The lowest BCUT2D eigenvalue weighted by atomic mass is 9.44. The van der Waals surface area contributed by atoms with Crippen molar-refractivity contribution < 1.29 is 19.8 Å². The van der Waals surface area contributed by atoms with Gasteiger partial charge < -0.3 is 10.2 Å². The minimum absolute atomic E-state index is 0.296. The van der Waals surface area contributed by atoms with Gasteiger partial charge in [0.1, 0.15) is 0 Å². The fourth-order valence-electron chi connectivity index (χ4n) is 18.6. The van der Waals surface area contributed by atoms with Crippen LogP contribution in [0.4, 0.5) is 0 Å². The van der Waals surface area contributed by atoms with E-state index >= 15 is 0 Å². The summed E-state index contributed by atoms with van der Waals surface area (Å²) in [5, 5.41) is 15.8. The Kier molecular flexibility index (Phi) is 16.8. The first-order chi connectivity index (χ1) is 29.3. The first-order valence-electron chi connectivity index (χ1n) is 27.1. The van der Waals surface area contributed by atoms with E-state index in [0.29, 0.717) is 21.7 Å². The summed E-state index contributed by atoms with van der Waals surface area (Å²) < 4.78 is 0. The van der Waals surface area contributed by atoms with Crippen LogP contribution < -0.4 is 0 Å². The second kappa shape index (κ2) is 20.9. The van der Waals surface area contributed by atoms with Gasteiger partial charge in [0.2, 0.25) is 0 Å². The molecule has 0 aromatic rings. The smallest absolute Gasteiger partial charge is 0.303 e. The van der Waals surface area contributed by atoms with Crippen LogP contribution >= 0.6 is 0 Å². The Labute approximate surface area is 382 Å². The van der Waals surface area contributed by atoms with Crippen LogP contribution in [0.5, 0.6) is 0 Å². The topological polar surface area (TPSA) is 74.6 Å². The molecule has 0 bridgehead atoms. The zero-order chi connectivity index (χ0) is 45.0. The Morgan fingerprint density at radius 2 is 0.855 bits per heavy atom. The summed E-state index contributed by atoms with van der Waals surface area (Å²) in [6, 6.07) is 0. The number of fused-ring (bicyclic) bond motifs is 10. The van der Waals surface area contributed by atoms with Crippen LogP contribution in [0.1, 0.15) is 235 Å². The molecule has 354 valence electrons. The molecule has 8 rings (SSSR count). The maximum absolute atomic E-state index is 9.64. The summed E-state index contributed by atoms with van der Waals surface area (Å²) in [5.74, 6) is 10.1. The van der Waals surface area contributed by atoms with Crippen LogP contribution in [0.2, 0.25) is 0 Å². The van der Waals surface area contributed by atoms with Gasteiger partial charge in [-0.1, -0.05) is 91.2 Å². The number of allylic oxidation sites excluding steroid dienone is 2. The first kappa shape index (κ1) is 49.8. The molecule has 0 aliphatic heterocycles. The van der Waals surface area contributed by atoms with Gasteiger partial charge >= 0.3 is 11.9 Å². The number of carbonyl (C=O) groups is 2. The van der Waals surface area contributed by atoms with E-state index in [9.17, 15) is 9.59 Å². The molecule has 0 saturated heterocycles. The Hall–Kier alpha value is -1.58. The summed E-state index contributed by atoms with van der Waals surface area (Å²) >= 11 is 0. The normalized spacial score (nSPS) is 42.6. The predicted molar refractivity (Wildman–Crippen MR) is 260 cm³/mol. The van der Waals surface area contributed by atoms with Crippen molar-refractivity contribution in [1.82, 2.24) is 0 Å². The van der Waals surface area contributed by atoms with Crippen LogP contribution in [-0.2, 0) is 9.59 Å². The summed E-state index contributed by atoms with van der Waals surface area (Å²) in [7, 11) is 0. The molecule has 0 radical (unpaired) electrons. The van der Waals surface area contributed by atoms with E-state index < -0.39 is 11.9 Å². The third-order valence-corrected chi connectivity index (χ3v) is 21.8. The van der Waals surface area contributed by atoms with Crippen LogP contribution in [0, 0.1) is 92.7 Å². The molecular weight excluding hydrogens is 761 g/mol. The van der Waals surface area contributed by atoms with E-state index in [0.717, 1.165) is 71.0 Å². The van der Waals surface area contributed by atoms with Gasteiger partial charge in [-0.2, -0.15) is 0 Å². The minimum atomic E-state index is -1.08. The molecule has 8 fully saturated rings.